The molecule has 1 aliphatic carbocycles. The Kier molecular flexibility index (Phi) is 3.76. The summed E-state index contributed by atoms with van der Waals surface area (Å²) in [5, 5.41) is 10.5. The van der Waals surface area contributed by atoms with Crippen molar-refractivity contribution in [3.05, 3.63) is 35.1 Å². The summed E-state index contributed by atoms with van der Waals surface area (Å²) in [6.45, 7) is 6.45. The van der Waals surface area contributed by atoms with Gasteiger partial charge in [-0.1, -0.05) is 19.9 Å². The van der Waals surface area contributed by atoms with E-state index >= 15 is 0 Å². The third-order valence-electron chi connectivity index (χ3n) is 4.38. The summed E-state index contributed by atoms with van der Waals surface area (Å²) >= 11 is 0. The molecule has 1 saturated carbocycles. The predicted molar refractivity (Wildman–Crippen MR) is 71.8 cm³/mol. The Morgan fingerprint density at radius 3 is 2.44 bits per heavy atom. The lowest BCUT2D eigenvalue weighted by atomic mass is 9.70. The molecule has 0 saturated heterocycles. The smallest absolute Gasteiger partial charge is 0.123 e. The predicted octanol–water partition coefficient (Wildman–Crippen LogP) is 4.38. The zero-order chi connectivity index (χ0) is 13.3. The number of benzene rings is 1. The quantitative estimate of drug-likeness (QED) is 0.825. The number of aliphatic hydroxyl groups is 1. The van der Waals surface area contributed by atoms with Crippen molar-refractivity contribution in [2.24, 2.45) is 11.3 Å². The molecular weight excluding hydrogens is 227 g/mol. The molecule has 1 atom stereocenters. The van der Waals surface area contributed by atoms with Gasteiger partial charge in [0.1, 0.15) is 5.82 Å². The van der Waals surface area contributed by atoms with Gasteiger partial charge in [0.15, 0.2) is 0 Å². The van der Waals surface area contributed by atoms with Crippen LogP contribution in [0.15, 0.2) is 18.2 Å². The van der Waals surface area contributed by atoms with Crippen molar-refractivity contribution in [1.82, 2.24) is 0 Å². The number of halogens is 1. The van der Waals surface area contributed by atoms with Gasteiger partial charge in [-0.15, -0.1) is 0 Å². The molecule has 1 N–H and O–H groups in total. The van der Waals surface area contributed by atoms with Crippen LogP contribution in [0.3, 0.4) is 0 Å². The molecule has 1 aromatic carbocycles. The third kappa shape index (κ3) is 2.92. The first kappa shape index (κ1) is 13.5. The molecule has 1 aliphatic rings. The maximum Gasteiger partial charge on any atom is 0.123 e. The number of hydrogen-bond acceptors (Lipinski definition) is 1. The lowest BCUT2D eigenvalue weighted by Crippen LogP contribution is -2.25. The van der Waals surface area contributed by atoms with Gasteiger partial charge in [-0.3, -0.25) is 0 Å². The molecular formula is C16H23FO. The van der Waals surface area contributed by atoms with Crippen LogP contribution in [0.1, 0.15) is 56.8 Å². The van der Waals surface area contributed by atoms with E-state index in [9.17, 15) is 9.50 Å². The summed E-state index contributed by atoms with van der Waals surface area (Å²) < 4.78 is 13.1. The van der Waals surface area contributed by atoms with E-state index < -0.39 is 6.10 Å². The summed E-state index contributed by atoms with van der Waals surface area (Å²) in [6.07, 6.45) is 4.00. The minimum absolute atomic E-state index is 0.228. The van der Waals surface area contributed by atoms with Gasteiger partial charge in [0, 0.05) is 0 Å². The second-order valence-electron chi connectivity index (χ2n) is 6.45. The molecule has 1 nitrogen and oxygen atoms in total. The van der Waals surface area contributed by atoms with Gasteiger partial charge in [0.2, 0.25) is 0 Å². The highest BCUT2D eigenvalue weighted by Gasteiger charge is 2.31. The van der Waals surface area contributed by atoms with E-state index in [0.29, 0.717) is 11.3 Å². The highest BCUT2D eigenvalue weighted by atomic mass is 19.1. The van der Waals surface area contributed by atoms with Gasteiger partial charge in [-0.25, -0.2) is 4.39 Å². The van der Waals surface area contributed by atoms with Gasteiger partial charge in [-0.05, 0) is 67.2 Å². The number of aryl methyl sites for hydroxylation is 1. The fourth-order valence-electron chi connectivity index (χ4n) is 2.96. The Balaban J connectivity index is 2.10. The molecule has 2 rings (SSSR count). The van der Waals surface area contributed by atoms with Crippen LogP contribution in [0.25, 0.3) is 0 Å². The van der Waals surface area contributed by atoms with Gasteiger partial charge in [0.05, 0.1) is 6.10 Å². The van der Waals surface area contributed by atoms with E-state index in [1.807, 2.05) is 6.92 Å². The van der Waals surface area contributed by atoms with Crippen molar-refractivity contribution in [2.45, 2.75) is 52.6 Å². The van der Waals surface area contributed by atoms with Crippen LogP contribution in [0.4, 0.5) is 4.39 Å². The Morgan fingerprint density at radius 2 is 1.89 bits per heavy atom. The normalized spacial score (nSPS) is 21.8. The number of hydrogen-bond donors (Lipinski definition) is 1. The van der Waals surface area contributed by atoms with Crippen LogP contribution in [0, 0.1) is 24.1 Å². The van der Waals surface area contributed by atoms with Crippen LogP contribution < -0.4 is 0 Å². The molecule has 0 heterocycles. The Bertz CT molecular complexity index is 415. The van der Waals surface area contributed by atoms with Crippen LogP contribution in [0.2, 0.25) is 0 Å². The Morgan fingerprint density at radius 1 is 1.28 bits per heavy atom. The largest absolute Gasteiger partial charge is 0.388 e. The van der Waals surface area contributed by atoms with Crippen LogP contribution in [-0.2, 0) is 0 Å². The zero-order valence-electron chi connectivity index (χ0n) is 11.5. The summed E-state index contributed by atoms with van der Waals surface area (Å²) in [7, 11) is 0. The van der Waals surface area contributed by atoms with Gasteiger partial charge >= 0.3 is 0 Å². The van der Waals surface area contributed by atoms with Crippen LogP contribution in [-0.4, -0.2) is 5.11 Å². The second-order valence-corrected chi connectivity index (χ2v) is 6.45. The van der Waals surface area contributed by atoms with Crippen molar-refractivity contribution in [1.29, 1.82) is 0 Å². The van der Waals surface area contributed by atoms with E-state index in [2.05, 4.69) is 13.8 Å². The molecule has 0 radical (unpaired) electrons. The fraction of sp³-hybridized carbons (Fsp3) is 0.625. The lowest BCUT2D eigenvalue weighted by molar-refractivity contribution is 0.0563. The Labute approximate surface area is 109 Å². The molecule has 0 bridgehead atoms. The molecule has 1 aromatic rings. The van der Waals surface area contributed by atoms with Crippen LogP contribution in [0.5, 0.6) is 0 Å². The second kappa shape index (κ2) is 5.00. The van der Waals surface area contributed by atoms with Crippen LogP contribution >= 0.6 is 0 Å². The standard InChI is InChI=1S/C16H23FO/c1-11-10-13(17)4-5-14(11)15(18)12-6-8-16(2,3)9-7-12/h4-5,10,12,15,18H,6-9H2,1-3H3. The molecule has 0 amide bonds. The van der Waals surface area contributed by atoms with E-state index in [1.165, 1.54) is 12.1 Å². The van der Waals surface area contributed by atoms with E-state index in [-0.39, 0.29) is 5.82 Å². The van der Waals surface area contributed by atoms with Crippen molar-refractivity contribution in [3.63, 3.8) is 0 Å². The minimum atomic E-state index is -0.443. The first-order chi connectivity index (χ1) is 8.39. The molecule has 100 valence electrons. The van der Waals surface area contributed by atoms with Gasteiger partial charge < -0.3 is 5.11 Å². The number of aliphatic hydroxyl groups excluding tert-OH is 1. The molecule has 18 heavy (non-hydrogen) atoms. The van der Waals surface area contributed by atoms with Gasteiger partial charge in [-0.2, -0.15) is 0 Å². The third-order valence-corrected chi connectivity index (χ3v) is 4.38. The average Bonchev–Trinajstić information content (AvgIpc) is 2.28. The van der Waals surface area contributed by atoms with E-state index in [1.54, 1.807) is 6.07 Å². The molecule has 0 spiro atoms. The summed E-state index contributed by atoms with van der Waals surface area (Å²) in [4.78, 5) is 0. The molecule has 1 unspecified atom stereocenters. The highest BCUT2D eigenvalue weighted by Crippen LogP contribution is 2.43. The van der Waals surface area contributed by atoms with Crippen molar-refractivity contribution >= 4 is 0 Å². The minimum Gasteiger partial charge on any atom is -0.388 e. The van der Waals surface area contributed by atoms with Crippen molar-refractivity contribution < 1.29 is 9.50 Å². The fourth-order valence-corrected chi connectivity index (χ4v) is 2.96. The van der Waals surface area contributed by atoms with Crippen molar-refractivity contribution in [3.8, 4) is 0 Å². The zero-order valence-corrected chi connectivity index (χ0v) is 11.5. The van der Waals surface area contributed by atoms with Gasteiger partial charge in [0.25, 0.3) is 0 Å². The highest BCUT2D eigenvalue weighted by molar-refractivity contribution is 5.29. The number of rotatable bonds is 2. The summed E-state index contributed by atoms with van der Waals surface area (Å²) in [5.41, 5.74) is 2.15. The summed E-state index contributed by atoms with van der Waals surface area (Å²) in [6, 6.07) is 4.68. The topological polar surface area (TPSA) is 20.2 Å². The molecule has 1 fully saturated rings. The molecule has 2 heteroatoms. The Hall–Kier alpha value is -0.890. The molecule has 0 aliphatic heterocycles. The monoisotopic (exact) mass is 250 g/mol. The maximum atomic E-state index is 13.1. The molecule has 0 aromatic heterocycles. The SMILES string of the molecule is Cc1cc(F)ccc1C(O)C1CCC(C)(C)CC1. The first-order valence-corrected chi connectivity index (χ1v) is 6.83. The van der Waals surface area contributed by atoms with Crippen molar-refractivity contribution in [2.75, 3.05) is 0 Å². The lowest BCUT2D eigenvalue weighted by Gasteiger charge is -2.36. The van der Waals surface area contributed by atoms with E-state index in [0.717, 1.165) is 36.8 Å². The summed E-state index contributed by atoms with van der Waals surface area (Å²) in [5.74, 6) is 0.0930. The first-order valence-electron chi connectivity index (χ1n) is 6.83. The van der Waals surface area contributed by atoms with E-state index in [4.69, 9.17) is 0 Å². The maximum absolute atomic E-state index is 13.1. The average molecular weight is 250 g/mol.